The molecule has 2 aromatic heterocycles. The SMILES string of the molecule is Cc1ccc(CN2CC[C@@H]3[C@@H]2CCN3Cc2ccncc2)o1.O=C(O)C(F)(F)F.O=C(O)C(F)(F)F.O=C(O)C(F)(F)F. The van der Waals surface area contributed by atoms with Gasteiger partial charge in [-0.3, -0.25) is 14.8 Å². The van der Waals surface area contributed by atoms with Crippen molar-refractivity contribution >= 4 is 17.9 Å². The molecule has 0 bridgehead atoms. The molecule has 0 saturated carbocycles. The van der Waals surface area contributed by atoms with Gasteiger partial charge in [-0.25, -0.2) is 14.4 Å². The van der Waals surface area contributed by atoms with E-state index in [0.717, 1.165) is 24.6 Å². The van der Waals surface area contributed by atoms with Gasteiger partial charge in [0.15, 0.2) is 0 Å². The van der Waals surface area contributed by atoms with Crippen molar-refractivity contribution in [3.05, 3.63) is 53.7 Å². The lowest BCUT2D eigenvalue weighted by Gasteiger charge is -2.25. The topological polar surface area (TPSA) is 144 Å². The molecule has 2 aliphatic heterocycles. The first kappa shape index (κ1) is 37.2. The summed E-state index contributed by atoms with van der Waals surface area (Å²) in [5.74, 6) is -6.16. The van der Waals surface area contributed by atoms with Crippen LogP contribution in [0.2, 0.25) is 0 Å². The second-order valence-corrected chi connectivity index (χ2v) is 8.93. The highest BCUT2D eigenvalue weighted by molar-refractivity contribution is 5.73. The summed E-state index contributed by atoms with van der Waals surface area (Å²) in [6.07, 6.45) is -8.92. The fourth-order valence-electron chi connectivity index (χ4n) is 4.05. The zero-order valence-electron chi connectivity index (χ0n) is 22.1. The van der Waals surface area contributed by atoms with Crippen LogP contribution in [0, 0.1) is 6.92 Å². The van der Waals surface area contributed by atoms with Crippen LogP contribution in [0.25, 0.3) is 0 Å². The van der Waals surface area contributed by atoms with Crippen molar-refractivity contribution < 1.29 is 73.6 Å². The van der Waals surface area contributed by atoms with E-state index in [0.29, 0.717) is 12.1 Å². The highest BCUT2D eigenvalue weighted by Crippen LogP contribution is 2.33. The third-order valence-electron chi connectivity index (χ3n) is 5.82. The number of aromatic nitrogens is 1. The van der Waals surface area contributed by atoms with Crippen molar-refractivity contribution in [2.24, 2.45) is 0 Å². The summed E-state index contributed by atoms with van der Waals surface area (Å²) in [6.45, 7) is 6.41. The van der Waals surface area contributed by atoms with Crippen LogP contribution in [0.3, 0.4) is 0 Å². The van der Waals surface area contributed by atoms with Crippen molar-refractivity contribution in [2.75, 3.05) is 13.1 Å². The highest BCUT2D eigenvalue weighted by Gasteiger charge is 2.42. The number of rotatable bonds is 4. The molecule has 3 N–H and O–H groups in total. The smallest absolute Gasteiger partial charge is 0.475 e. The normalized spacial score (nSPS) is 18.7. The maximum absolute atomic E-state index is 10.6. The second kappa shape index (κ2) is 15.6. The van der Waals surface area contributed by atoms with E-state index >= 15 is 0 Å². The summed E-state index contributed by atoms with van der Waals surface area (Å²) in [7, 11) is 0. The van der Waals surface area contributed by atoms with E-state index in [1.54, 1.807) is 0 Å². The van der Waals surface area contributed by atoms with E-state index in [9.17, 15) is 39.5 Å². The number of carbonyl (C=O) groups is 3. The van der Waals surface area contributed by atoms with Gasteiger partial charge in [0.25, 0.3) is 0 Å². The number of halogens is 9. The zero-order chi connectivity index (χ0) is 33.2. The van der Waals surface area contributed by atoms with Crippen molar-refractivity contribution in [3.63, 3.8) is 0 Å². The van der Waals surface area contributed by atoms with Crippen molar-refractivity contribution in [1.82, 2.24) is 14.8 Å². The summed E-state index contributed by atoms with van der Waals surface area (Å²) in [4.78, 5) is 36.1. The Morgan fingerprint density at radius 1 is 0.744 bits per heavy atom. The predicted octanol–water partition coefficient (Wildman–Crippen LogP) is 4.73. The molecule has 0 amide bonds. The first-order valence-corrected chi connectivity index (χ1v) is 12.0. The number of aliphatic carboxylic acids is 3. The third kappa shape index (κ3) is 13.3. The van der Waals surface area contributed by atoms with E-state index in [4.69, 9.17) is 34.1 Å². The lowest BCUT2D eigenvalue weighted by atomic mass is 10.1. The second-order valence-electron chi connectivity index (χ2n) is 8.93. The molecule has 2 saturated heterocycles. The number of pyridine rings is 1. The van der Waals surface area contributed by atoms with Gasteiger partial charge in [0.1, 0.15) is 11.5 Å². The molecule has 2 aromatic rings. The summed E-state index contributed by atoms with van der Waals surface area (Å²) in [6, 6.07) is 9.83. The Bertz CT molecular complexity index is 1130. The predicted molar refractivity (Wildman–Crippen MR) is 126 cm³/mol. The van der Waals surface area contributed by atoms with Crippen LogP contribution in [-0.4, -0.2) is 91.7 Å². The Labute approximate surface area is 237 Å². The fraction of sp³-hybridized carbons (Fsp3) is 0.500. The van der Waals surface area contributed by atoms with Gasteiger partial charge in [-0.05, 0) is 49.6 Å². The summed E-state index contributed by atoms with van der Waals surface area (Å²) < 4.78 is 101. The molecule has 43 heavy (non-hydrogen) atoms. The molecule has 2 aliphatic rings. The molecular weight excluding hydrogens is 613 g/mol. The molecule has 242 valence electrons. The summed E-state index contributed by atoms with van der Waals surface area (Å²) in [5.41, 5.74) is 1.37. The van der Waals surface area contributed by atoms with Gasteiger partial charge in [-0.15, -0.1) is 0 Å². The Balaban J connectivity index is 0.000000363. The van der Waals surface area contributed by atoms with Gasteiger partial charge in [0, 0.05) is 44.1 Å². The monoisotopic (exact) mass is 639 g/mol. The Morgan fingerprint density at radius 2 is 1.12 bits per heavy atom. The number of fused-ring (bicyclic) bond motifs is 1. The third-order valence-corrected chi connectivity index (χ3v) is 5.82. The molecule has 10 nitrogen and oxygen atoms in total. The largest absolute Gasteiger partial charge is 0.490 e. The standard InChI is InChI=1S/C18H23N3O.3C2HF3O2/c1-14-2-3-16(22-14)13-21-11-7-17-18(21)6-10-20(17)12-15-4-8-19-9-5-15;3*3-2(4,5)1(6)7/h2-5,8-9,17-18H,6-7,10-13H2,1H3;3*(H,6,7)/t17-,18+;;;/m1.../s1. The minimum Gasteiger partial charge on any atom is -0.475 e. The average molecular weight is 639 g/mol. The van der Waals surface area contributed by atoms with E-state index < -0.39 is 36.4 Å². The number of alkyl halides is 9. The number of hydrogen-bond acceptors (Lipinski definition) is 7. The molecule has 4 rings (SSSR count). The Kier molecular flexibility index (Phi) is 13.4. The molecule has 0 spiro atoms. The highest BCUT2D eigenvalue weighted by atomic mass is 19.4. The number of nitrogens with zero attached hydrogens (tertiary/aromatic N) is 3. The minimum atomic E-state index is -5.08. The molecule has 0 radical (unpaired) electrons. The van der Waals surface area contributed by atoms with E-state index in [1.807, 2.05) is 19.3 Å². The fourth-order valence-corrected chi connectivity index (χ4v) is 4.05. The van der Waals surface area contributed by atoms with Gasteiger partial charge >= 0.3 is 36.4 Å². The van der Waals surface area contributed by atoms with Crippen LogP contribution in [0.4, 0.5) is 39.5 Å². The van der Waals surface area contributed by atoms with Crippen molar-refractivity contribution in [3.8, 4) is 0 Å². The van der Waals surface area contributed by atoms with Crippen LogP contribution >= 0.6 is 0 Å². The van der Waals surface area contributed by atoms with Gasteiger partial charge in [-0.2, -0.15) is 39.5 Å². The maximum atomic E-state index is 10.6. The first-order chi connectivity index (χ1) is 19.6. The molecule has 0 unspecified atom stereocenters. The van der Waals surface area contributed by atoms with Crippen LogP contribution in [0.15, 0.2) is 41.1 Å². The van der Waals surface area contributed by atoms with E-state index in [-0.39, 0.29) is 0 Å². The molecule has 2 fully saturated rings. The summed E-state index contributed by atoms with van der Waals surface area (Å²) in [5, 5.41) is 21.4. The number of furan rings is 1. The van der Waals surface area contributed by atoms with Crippen LogP contribution in [-0.2, 0) is 27.5 Å². The number of carboxylic acid groups (broad SMARTS) is 3. The molecule has 19 heteroatoms. The number of carboxylic acids is 3. The molecule has 0 aliphatic carbocycles. The molecule has 4 heterocycles. The lowest BCUT2D eigenvalue weighted by molar-refractivity contribution is -0.193. The lowest BCUT2D eigenvalue weighted by Crippen LogP contribution is -2.35. The van der Waals surface area contributed by atoms with Gasteiger partial charge < -0.3 is 19.7 Å². The number of aryl methyl sites for hydroxylation is 1. The zero-order valence-corrected chi connectivity index (χ0v) is 22.1. The number of hydrogen-bond donors (Lipinski definition) is 3. The van der Waals surface area contributed by atoms with E-state index in [2.05, 4.69) is 39.0 Å². The van der Waals surface area contributed by atoms with Gasteiger partial charge in [0.05, 0.1) is 6.54 Å². The molecular formula is C24H26F9N3O7. The van der Waals surface area contributed by atoms with Crippen LogP contribution in [0.5, 0.6) is 0 Å². The Hall–Kier alpha value is -3.87. The molecule has 0 aromatic carbocycles. The van der Waals surface area contributed by atoms with Gasteiger partial charge in [-0.1, -0.05) is 0 Å². The van der Waals surface area contributed by atoms with Gasteiger partial charge in [0.2, 0.25) is 0 Å². The molecule has 2 atom stereocenters. The summed E-state index contributed by atoms with van der Waals surface area (Å²) >= 11 is 0. The first-order valence-electron chi connectivity index (χ1n) is 12.0. The van der Waals surface area contributed by atoms with Crippen molar-refractivity contribution in [1.29, 1.82) is 0 Å². The minimum absolute atomic E-state index is 0.687. The van der Waals surface area contributed by atoms with Crippen LogP contribution < -0.4 is 0 Å². The number of likely N-dealkylation sites (tertiary alicyclic amines) is 2. The van der Waals surface area contributed by atoms with Crippen LogP contribution in [0.1, 0.15) is 29.9 Å². The maximum Gasteiger partial charge on any atom is 0.490 e. The van der Waals surface area contributed by atoms with E-state index in [1.165, 1.54) is 31.5 Å². The average Bonchev–Trinajstić information content (AvgIpc) is 3.58. The quantitative estimate of drug-likeness (QED) is 0.402. The van der Waals surface area contributed by atoms with Crippen molar-refractivity contribution in [2.45, 2.75) is 63.5 Å². The Morgan fingerprint density at radius 3 is 1.44 bits per heavy atom.